The van der Waals surface area contributed by atoms with Crippen molar-refractivity contribution in [1.29, 1.82) is 0 Å². The number of ether oxygens (including phenoxy) is 10. The summed E-state index contributed by atoms with van der Waals surface area (Å²) >= 11 is 0. The van der Waals surface area contributed by atoms with E-state index in [-0.39, 0.29) is 63.0 Å². The van der Waals surface area contributed by atoms with Crippen molar-refractivity contribution < 1.29 is 52.2 Å². The van der Waals surface area contributed by atoms with E-state index < -0.39 is 0 Å². The minimum absolute atomic E-state index is 0.00321. The molecule has 0 aromatic heterocycles. The number of rotatable bonds is 41. The van der Waals surface area contributed by atoms with Crippen LogP contribution in [0.4, 0.5) is 0 Å². The quantitative estimate of drug-likeness (QED) is 0.0358. The van der Waals surface area contributed by atoms with E-state index in [1.807, 2.05) is 18.2 Å². The van der Waals surface area contributed by atoms with Gasteiger partial charge < -0.3 is 47.4 Å². The lowest BCUT2D eigenvalue weighted by Gasteiger charge is -2.27. The van der Waals surface area contributed by atoms with Crippen molar-refractivity contribution in [2.75, 3.05) is 55.6 Å². The van der Waals surface area contributed by atoms with Crippen molar-refractivity contribution in [3.8, 4) is 0 Å². The maximum absolute atomic E-state index is 11.6. The Kier molecular flexibility index (Phi) is 33.6. The zero-order valence-corrected chi connectivity index (χ0v) is 37.3. The van der Waals surface area contributed by atoms with Crippen LogP contribution in [0.15, 0.2) is 30.3 Å². The molecule has 0 saturated carbocycles. The van der Waals surface area contributed by atoms with E-state index in [0.717, 1.165) is 89.0 Å². The van der Waals surface area contributed by atoms with Gasteiger partial charge in [-0.25, -0.2) is 0 Å². The van der Waals surface area contributed by atoms with Crippen molar-refractivity contribution >= 4 is 5.97 Å². The molecule has 1 unspecified atom stereocenters. The molecule has 1 aromatic carbocycles. The molecule has 58 heavy (non-hydrogen) atoms. The van der Waals surface area contributed by atoms with Crippen molar-refractivity contribution in [3.05, 3.63) is 35.9 Å². The maximum atomic E-state index is 11.6. The molecule has 1 aliphatic rings. The molecule has 0 amide bonds. The first-order valence-electron chi connectivity index (χ1n) is 22.8. The molecule has 2 rings (SSSR count). The number of unbranched alkanes of at least 4 members (excludes halogenated alkanes) is 12. The molecule has 0 aliphatic carbocycles. The smallest absolute Gasteiger partial charge is 0.305 e. The lowest BCUT2D eigenvalue weighted by molar-refractivity contribution is -0.165. The monoisotopic (exact) mass is 825 g/mol. The number of hydrogen-bond acceptors (Lipinski definition) is 11. The molecular formula is C47H84O11. The summed E-state index contributed by atoms with van der Waals surface area (Å²) in [4.78, 5) is 11.6. The van der Waals surface area contributed by atoms with Crippen LogP contribution in [-0.2, 0) is 58.8 Å². The molecule has 1 fully saturated rings. The minimum atomic E-state index is -0.214. The van der Waals surface area contributed by atoms with Crippen molar-refractivity contribution in [2.24, 2.45) is 0 Å². The number of benzene rings is 1. The molecule has 6 atom stereocenters. The van der Waals surface area contributed by atoms with Gasteiger partial charge in [0, 0.05) is 27.8 Å². The summed E-state index contributed by atoms with van der Waals surface area (Å²) in [6.45, 7) is 3.82. The van der Waals surface area contributed by atoms with Crippen LogP contribution in [-0.4, -0.2) is 98.2 Å². The van der Waals surface area contributed by atoms with Gasteiger partial charge in [0.05, 0.1) is 50.3 Å². The zero-order valence-electron chi connectivity index (χ0n) is 37.3. The van der Waals surface area contributed by atoms with E-state index in [2.05, 4.69) is 19.1 Å². The normalized spacial score (nSPS) is 17.7. The van der Waals surface area contributed by atoms with Gasteiger partial charge in [0.1, 0.15) is 27.2 Å². The fourth-order valence-corrected chi connectivity index (χ4v) is 7.82. The summed E-state index contributed by atoms with van der Waals surface area (Å²) in [5.41, 5.74) is 1.13. The maximum Gasteiger partial charge on any atom is 0.305 e. The number of methoxy groups -OCH3 is 4. The number of hydrogen-bond donors (Lipinski definition) is 0. The first kappa shape index (κ1) is 52.5. The van der Waals surface area contributed by atoms with Gasteiger partial charge in [0.15, 0.2) is 0 Å². The molecule has 1 aliphatic heterocycles. The van der Waals surface area contributed by atoms with E-state index in [1.165, 1.54) is 64.9 Å². The highest BCUT2D eigenvalue weighted by atomic mass is 16.7. The van der Waals surface area contributed by atoms with Gasteiger partial charge in [-0.2, -0.15) is 0 Å². The lowest BCUT2D eigenvalue weighted by Crippen LogP contribution is -2.34. The molecule has 1 heterocycles. The van der Waals surface area contributed by atoms with Crippen LogP contribution in [0.2, 0.25) is 0 Å². The third kappa shape index (κ3) is 26.5. The highest BCUT2D eigenvalue weighted by Crippen LogP contribution is 2.31. The van der Waals surface area contributed by atoms with Crippen LogP contribution >= 0.6 is 0 Å². The van der Waals surface area contributed by atoms with Gasteiger partial charge in [-0.05, 0) is 56.9 Å². The Balaban J connectivity index is 1.86. The molecule has 11 heteroatoms. The second-order valence-electron chi connectivity index (χ2n) is 16.0. The molecule has 0 radical (unpaired) electrons. The molecule has 338 valence electrons. The Morgan fingerprint density at radius 3 is 1.57 bits per heavy atom. The van der Waals surface area contributed by atoms with Gasteiger partial charge in [-0.1, -0.05) is 134 Å². The second-order valence-corrected chi connectivity index (χ2v) is 16.0. The topological polar surface area (TPSA) is 109 Å². The van der Waals surface area contributed by atoms with E-state index in [9.17, 15) is 4.79 Å². The summed E-state index contributed by atoms with van der Waals surface area (Å²) in [6.07, 6.45) is 26.0. The van der Waals surface area contributed by atoms with Crippen molar-refractivity contribution in [1.82, 2.24) is 0 Å². The molecular weight excluding hydrogens is 741 g/mol. The highest BCUT2D eigenvalue weighted by molar-refractivity contribution is 5.69. The minimum Gasteiger partial charge on any atom is -0.469 e. The average molecular weight is 825 g/mol. The lowest BCUT2D eigenvalue weighted by atomic mass is 9.99. The van der Waals surface area contributed by atoms with Crippen LogP contribution in [0.1, 0.15) is 167 Å². The Labute approximate surface area is 353 Å². The van der Waals surface area contributed by atoms with Crippen LogP contribution in [0, 0.1) is 0 Å². The van der Waals surface area contributed by atoms with Crippen LogP contribution < -0.4 is 0 Å². The number of carbonyl (C=O) groups is 1. The standard InChI is InChI=1S/C47H84O11/c1-6-7-8-9-10-11-12-13-14-21-29-43(56-38-51-4)45-32-33-46(58-45)44(57-39-53-35-40-24-17-15-18-25-40)30-23-22-28-41(54-36-49-2)26-19-16-20-27-42(55-37-50-3)31-34-47(48)52-5/h15,17-18,24-25,41-46H,6-14,16,19-23,26-39H2,1-5H3/t41?,42-,43+,44-,45+,46+/m1/s1. The molecule has 11 nitrogen and oxygen atoms in total. The Morgan fingerprint density at radius 1 is 0.569 bits per heavy atom. The third-order valence-electron chi connectivity index (χ3n) is 11.2. The summed E-state index contributed by atoms with van der Waals surface area (Å²) in [6, 6.07) is 10.2. The first-order valence-corrected chi connectivity index (χ1v) is 22.8. The third-order valence-corrected chi connectivity index (χ3v) is 11.2. The van der Waals surface area contributed by atoms with Crippen LogP contribution in [0.5, 0.6) is 0 Å². The molecule has 0 N–H and O–H groups in total. The van der Waals surface area contributed by atoms with Crippen molar-refractivity contribution in [3.63, 3.8) is 0 Å². The Morgan fingerprint density at radius 2 is 1.02 bits per heavy atom. The summed E-state index contributed by atoms with van der Waals surface area (Å²) in [7, 11) is 6.39. The number of carbonyl (C=O) groups excluding carboxylic acids is 1. The highest BCUT2D eigenvalue weighted by Gasteiger charge is 2.36. The Hall–Kier alpha value is -1.67. The largest absolute Gasteiger partial charge is 0.469 e. The first-order chi connectivity index (χ1) is 28.5. The molecule has 1 aromatic rings. The van der Waals surface area contributed by atoms with Gasteiger partial charge in [-0.15, -0.1) is 0 Å². The SMILES string of the molecule is CCCCCCCCCCCC[C@H](OCOC)[C@@H]1CC[C@@H]([C@@H](CCCCC(CCCCC[C@H](CCC(=O)OC)OCOC)OCOC)OCOCc2ccccc2)O1. The van der Waals surface area contributed by atoms with E-state index >= 15 is 0 Å². The fourth-order valence-electron chi connectivity index (χ4n) is 7.82. The average Bonchev–Trinajstić information content (AvgIpc) is 3.74. The summed E-state index contributed by atoms with van der Waals surface area (Å²) < 4.78 is 57.9. The van der Waals surface area contributed by atoms with E-state index in [0.29, 0.717) is 26.2 Å². The van der Waals surface area contributed by atoms with Gasteiger partial charge in [0.2, 0.25) is 0 Å². The predicted octanol–water partition coefficient (Wildman–Crippen LogP) is 10.8. The van der Waals surface area contributed by atoms with Gasteiger partial charge in [0.25, 0.3) is 0 Å². The van der Waals surface area contributed by atoms with E-state index in [4.69, 9.17) is 47.4 Å². The van der Waals surface area contributed by atoms with Crippen molar-refractivity contribution in [2.45, 2.75) is 204 Å². The van der Waals surface area contributed by atoms with Crippen LogP contribution in [0.3, 0.4) is 0 Å². The predicted molar refractivity (Wildman–Crippen MR) is 228 cm³/mol. The van der Waals surface area contributed by atoms with Crippen LogP contribution in [0.25, 0.3) is 0 Å². The Bertz CT molecular complexity index is 1050. The summed E-state index contributed by atoms with van der Waals surface area (Å²) in [5, 5.41) is 0. The number of esters is 1. The fraction of sp³-hybridized carbons (Fsp3) is 0.851. The molecule has 1 saturated heterocycles. The van der Waals surface area contributed by atoms with E-state index in [1.54, 1.807) is 21.3 Å². The van der Waals surface area contributed by atoms with Gasteiger partial charge >= 0.3 is 5.97 Å². The molecule has 0 spiro atoms. The zero-order chi connectivity index (χ0) is 41.7. The summed E-state index contributed by atoms with van der Waals surface area (Å²) in [5.74, 6) is -0.214. The second kappa shape index (κ2) is 37.1. The molecule has 0 bridgehead atoms. The van der Waals surface area contributed by atoms with Gasteiger partial charge in [-0.3, -0.25) is 4.79 Å².